The van der Waals surface area contributed by atoms with Gasteiger partial charge in [-0.1, -0.05) is 0 Å². The van der Waals surface area contributed by atoms with Crippen molar-refractivity contribution in [3.63, 3.8) is 0 Å². The van der Waals surface area contributed by atoms with Gasteiger partial charge in [-0.15, -0.1) is 0 Å². The van der Waals surface area contributed by atoms with Crippen LogP contribution in [0.15, 0.2) is 18.5 Å². The lowest BCUT2D eigenvalue weighted by Gasteiger charge is -2.43. The topological polar surface area (TPSA) is 67.2 Å². The number of nitrogens with zero attached hydrogens (tertiary/aromatic N) is 3. The van der Waals surface area contributed by atoms with E-state index < -0.39 is 17.4 Å². The molecule has 3 fully saturated rings. The number of hydrogen-bond acceptors (Lipinski definition) is 3. The second-order valence-corrected chi connectivity index (χ2v) is 7.92. The molecule has 2 aliphatic carbocycles. The molecule has 1 aliphatic heterocycles. The number of carbonyl (C=O) groups is 2. The van der Waals surface area contributed by atoms with Gasteiger partial charge in [0.2, 0.25) is 17.7 Å². The summed E-state index contributed by atoms with van der Waals surface area (Å²) in [6, 6.07) is 1.78. The number of rotatable bonds is 5. The predicted molar refractivity (Wildman–Crippen MR) is 89.4 cm³/mol. The SMILES string of the molecule is O=C(C1CC(F)(F)C1)N1CCC(C(=O)NCC2CC2)(n2cccn2)CC1. The molecule has 0 atom stereocenters. The Labute approximate surface area is 150 Å². The van der Waals surface area contributed by atoms with Crippen LogP contribution in [0.4, 0.5) is 8.78 Å². The Kier molecular flexibility index (Phi) is 4.23. The van der Waals surface area contributed by atoms with Crippen molar-refractivity contribution in [3.8, 4) is 0 Å². The van der Waals surface area contributed by atoms with Crippen LogP contribution in [0.5, 0.6) is 0 Å². The third-order valence-corrected chi connectivity index (χ3v) is 5.96. The molecule has 0 spiro atoms. The molecule has 0 bridgehead atoms. The molecule has 0 aromatic carbocycles. The second kappa shape index (κ2) is 6.32. The Morgan fingerprint density at radius 2 is 1.88 bits per heavy atom. The molecule has 0 radical (unpaired) electrons. The van der Waals surface area contributed by atoms with Crippen LogP contribution in [0.3, 0.4) is 0 Å². The normalized spacial score (nSPS) is 24.8. The molecule has 26 heavy (non-hydrogen) atoms. The third-order valence-electron chi connectivity index (χ3n) is 5.96. The first-order valence-electron chi connectivity index (χ1n) is 9.35. The molecule has 8 heteroatoms. The molecule has 2 saturated carbocycles. The molecule has 4 rings (SSSR count). The number of amides is 2. The van der Waals surface area contributed by atoms with Crippen molar-refractivity contribution in [3.05, 3.63) is 18.5 Å². The molecule has 0 unspecified atom stereocenters. The first-order valence-corrected chi connectivity index (χ1v) is 9.35. The first kappa shape index (κ1) is 17.4. The zero-order valence-corrected chi connectivity index (χ0v) is 14.7. The van der Waals surface area contributed by atoms with Gasteiger partial charge in [-0.05, 0) is 37.7 Å². The molecule has 2 heterocycles. The highest BCUT2D eigenvalue weighted by Crippen LogP contribution is 2.44. The number of alkyl halides is 2. The first-order chi connectivity index (χ1) is 12.4. The maximum absolute atomic E-state index is 13.1. The number of piperidine rings is 1. The number of likely N-dealkylation sites (tertiary alicyclic amines) is 1. The Morgan fingerprint density at radius 3 is 2.42 bits per heavy atom. The molecule has 1 N–H and O–H groups in total. The van der Waals surface area contributed by atoms with Gasteiger partial charge in [-0.3, -0.25) is 14.3 Å². The minimum atomic E-state index is -2.70. The van der Waals surface area contributed by atoms with Crippen LogP contribution >= 0.6 is 0 Å². The minimum absolute atomic E-state index is 0.0598. The Bertz CT molecular complexity index is 671. The third kappa shape index (κ3) is 3.21. The number of carbonyl (C=O) groups excluding carboxylic acids is 2. The molecule has 2 amide bonds. The van der Waals surface area contributed by atoms with Crippen molar-refractivity contribution in [2.24, 2.45) is 11.8 Å². The van der Waals surface area contributed by atoms with E-state index in [-0.39, 0.29) is 24.7 Å². The highest BCUT2D eigenvalue weighted by atomic mass is 19.3. The summed E-state index contributed by atoms with van der Waals surface area (Å²) in [5.74, 6) is -2.96. The summed E-state index contributed by atoms with van der Waals surface area (Å²) in [6.07, 6.45) is 5.92. The van der Waals surface area contributed by atoms with Gasteiger partial charge in [-0.25, -0.2) is 8.78 Å². The molecular formula is C18H24F2N4O2. The van der Waals surface area contributed by atoms with Crippen LogP contribution in [0.25, 0.3) is 0 Å². The maximum Gasteiger partial charge on any atom is 0.249 e. The van der Waals surface area contributed by atoms with Gasteiger partial charge < -0.3 is 10.2 Å². The summed E-state index contributed by atoms with van der Waals surface area (Å²) in [7, 11) is 0. The summed E-state index contributed by atoms with van der Waals surface area (Å²) in [6.45, 7) is 1.46. The zero-order valence-electron chi connectivity index (χ0n) is 14.7. The molecule has 1 saturated heterocycles. The van der Waals surface area contributed by atoms with E-state index in [1.54, 1.807) is 28.0 Å². The number of aromatic nitrogens is 2. The highest BCUT2D eigenvalue weighted by Gasteiger charge is 2.51. The van der Waals surface area contributed by atoms with Gasteiger partial charge >= 0.3 is 0 Å². The average Bonchev–Trinajstić information content (AvgIpc) is 3.27. The van der Waals surface area contributed by atoms with Gasteiger partial charge in [-0.2, -0.15) is 5.10 Å². The molecule has 1 aromatic heterocycles. The fourth-order valence-electron chi connectivity index (χ4n) is 4.00. The quantitative estimate of drug-likeness (QED) is 0.864. The number of hydrogen-bond donors (Lipinski definition) is 1. The van der Waals surface area contributed by atoms with Gasteiger partial charge in [0.15, 0.2) is 0 Å². The summed E-state index contributed by atoms with van der Waals surface area (Å²) in [5, 5.41) is 7.32. The van der Waals surface area contributed by atoms with Crippen LogP contribution in [0, 0.1) is 11.8 Å². The minimum Gasteiger partial charge on any atom is -0.354 e. The summed E-state index contributed by atoms with van der Waals surface area (Å²) < 4.78 is 27.8. The van der Waals surface area contributed by atoms with Crippen LogP contribution in [0.2, 0.25) is 0 Å². The lowest BCUT2D eigenvalue weighted by Crippen LogP contribution is -2.58. The summed E-state index contributed by atoms with van der Waals surface area (Å²) in [5.41, 5.74) is -0.807. The van der Waals surface area contributed by atoms with Crippen molar-refractivity contribution >= 4 is 11.8 Å². The van der Waals surface area contributed by atoms with E-state index in [0.29, 0.717) is 38.4 Å². The molecular weight excluding hydrogens is 342 g/mol. The average molecular weight is 366 g/mol. The van der Waals surface area contributed by atoms with Crippen LogP contribution in [0.1, 0.15) is 38.5 Å². The fraction of sp³-hybridized carbons (Fsp3) is 0.722. The zero-order chi connectivity index (χ0) is 18.4. The van der Waals surface area contributed by atoms with Gasteiger partial charge in [0.25, 0.3) is 0 Å². The highest BCUT2D eigenvalue weighted by molar-refractivity contribution is 5.85. The smallest absolute Gasteiger partial charge is 0.249 e. The Balaban J connectivity index is 1.42. The largest absolute Gasteiger partial charge is 0.354 e. The van der Waals surface area contributed by atoms with Gasteiger partial charge in [0.05, 0.1) is 0 Å². The molecule has 3 aliphatic rings. The standard InChI is InChI=1S/C18H24F2N4O2/c19-18(20)10-14(11-18)15(25)23-8-4-17(5-9-23,24-7-1-6-22-24)16(26)21-12-13-2-3-13/h1,6-7,13-14H,2-5,8-12H2,(H,21,26). The van der Waals surface area contributed by atoms with E-state index in [4.69, 9.17) is 0 Å². The van der Waals surface area contributed by atoms with E-state index >= 15 is 0 Å². The lowest BCUT2D eigenvalue weighted by molar-refractivity contribution is -0.162. The second-order valence-electron chi connectivity index (χ2n) is 7.92. The van der Waals surface area contributed by atoms with Crippen LogP contribution in [-0.4, -0.2) is 52.1 Å². The lowest BCUT2D eigenvalue weighted by atomic mass is 9.79. The monoisotopic (exact) mass is 366 g/mol. The van der Waals surface area contributed by atoms with Crippen molar-refractivity contribution in [2.75, 3.05) is 19.6 Å². The van der Waals surface area contributed by atoms with Crippen LogP contribution < -0.4 is 5.32 Å². The van der Waals surface area contributed by atoms with Crippen LogP contribution in [-0.2, 0) is 15.1 Å². The number of halogens is 2. The van der Waals surface area contributed by atoms with Gasteiger partial charge in [0, 0.05) is 50.8 Å². The summed E-state index contributed by atoms with van der Waals surface area (Å²) in [4.78, 5) is 27.0. The predicted octanol–water partition coefficient (Wildman–Crippen LogP) is 1.77. The van der Waals surface area contributed by atoms with E-state index in [1.165, 1.54) is 0 Å². The van der Waals surface area contributed by atoms with E-state index in [9.17, 15) is 18.4 Å². The van der Waals surface area contributed by atoms with E-state index in [2.05, 4.69) is 10.4 Å². The number of nitrogens with one attached hydrogen (secondary N) is 1. The molecule has 142 valence electrons. The fourth-order valence-corrected chi connectivity index (χ4v) is 4.00. The van der Waals surface area contributed by atoms with Crippen molar-refractivity contribution in [1.29, 1.82) is 0 Å². The van der Waals surface area contributed by atoms with E-state index in [1.807, 2.05) is 0 Å². The summed E-state index contributed by atoms with van der Waals surface area (Å²) >= 11 is 0. The van der Waals surface area contributed by atoms with Crippen molar-refractivity contribution in [1.82, 2.24) is 20.0 Å². The van der Waals surface area contributed by atoms with Gasteiger partial charge in [0.1, 0.15) is 5.54 Å². The molecule has 1 aromatic rings. The molecule has 6 nitrogen and oxygen atoms in total. The van der Waals surface area contributed by atoms with Crippen molar-refractivity contribution < 1.29 is 18.4 Å². The van der Waals surface area contributed by atoms with E-state index in [0.717, 1.165) is 12.8 Å². The Morgan fingerprint density at radius 1 is 1.19 bits per heavy atom. The Hall–Kier alpha value is -1.99. The maximum atomic E-state index is 13.1. The van der Waals surface area contributed by atoms with Crippen molar-refractivity contribution in [2.45, 2.75) is 50.0 Å².